The van der Waals surface area contributed by atoms with Gasteiger partial charge in [-0.1, -0.05) is 30.3 Å². The van der Waals surface area contributed by atoms with Crippen molar-refractivity contribution >= 4 is 5.97 Å². The average molecular weight is 305 g/mol. The van der Waals surface area contributed by atoms with Gasteiger partial charge in [-0.25, -0.2) is 4.79 Å². The fourth-order valence-electron chi connectivity index (χ4n) is 2.24. The van der Waals surface area contributed by atoms with Crippen LogP contribution in [0.4, 0.5) is 0 Å². The van der Waals surface area contributed by atoms with Gasteiger partial charge in [-0.2, -0.15) is 0 Å². The van der Waals surface area contributed by atoms with Crippen LogP contribution in [0.2, 0.25) is 0 Å². The highest BCUT2D eigenvalue weighted by atomic mass is 16.5. The number of hydrogen-bond donors (Lipinski definition) is 1. The number of aromatic nitrogens is 1. The number of carboxylic acid groups (broad SMARTS) is 1. The summed E-state index contributed by atoms with van der Waals surface area (Å²) in [5.74, 6) is -0.203. The molecule has 0 aliphatic rings. The largest absolute Gasteiger partial charge is 0.489 e. The van der Waals surface area contributed by atoms with E-state index in [1.54, 1.807) is 24.4 Å². The first-order chi connectivity index (χ1) is 11.2. The summed E-state index contributed by atoms with van der Waals surface area (Å²) in [6.07, 6.45) is 3.56. The van der Waals surface area contributed by atoms with E-state index in [-0.39, 0.29) is 5.56 Å². The van der Waals surface area contributed by atoms with Crippen LogP contribution in [0.1, 0.15) is 15.9 Å². The summed E-state index contributed by atoms with van der Waals surface area (Å²) in [7, 11) is 0. The number of carbonyl (C=O) groups is 1. The zero-order chi connectivity index (χ0) is 16.1. The SMILES string of the molecule is O=C(O)c1cccc(COc2ccc(-c3cccnc3)cc2)c1. The Hall–Kier alpha value is -3.14. The van der Waals surface area contributed by atoms with Crippen LogP contribution >= 0.6 is 0 Å². The molecule has 0 unspecified atom stereocenters. The molecule has 4 heteroatoms. The fraction of sp³-hybridized carbons (Fsp3) is 0.0526. The van der Waals surface area contributed by atoms with Crippen molar-refractivity contribution < 1.29 is 14.6 Å². The summed E-state index contributed by atoms with van der Waals surface area (Å²) in [4.78, 5) is 15.1. The lowest BCUT2D eigenvalue weighted by atomic mass is 10.1. The summed E-state index contributed by atoms with van der Waals surface area (Å²) in [5.41, 5.74) is 3.20. The third-order valence-corrected chi connectivity index (χ3v) is 3.43. The molecule has 0 saturated heterocycles. The predicted octanol–water partition coefficient (Wildman–Crippen LogP) is 4.03. The Morgan fingerprint density at radius 2 is 1.83 bits per heavy atom. The lowest BCUT2D eigenvalue weighted by Gasteiger charge is -2.08. The van der Waals surface area contributed by atoms with Gasteiger partial charge in [0, 0.05) is 12.4 Å². The van der Waals surface area contributed by atoms with E-state index in [0.717, 1.165) is 22.4 Å². The van der Waals surface area contributed by atoms with Crippen molar-refractivity contribution in [1.82, 2.24) is 4.98 Å². The molecule has 0 aliphatic carbocycles. The molecule has 1 N–H and O–H groups in total. The summed E-state index contributed by atoms with van der Waals surface area (Å²) < 4.78 is 5.71. The molecule has 2 aromatic carbocycles. The maximum Gasteiger partial charge on any atom is 0.335 e. The zero-order valence-corrected chi connectivity index (χ0v) is 12.3. The van der Waals surface area contributed by atoms with Crippen molar-refractivity contribution in [3.63, 3.8) is 0 Å². The van der Waals surface area contributed by atoms with Crippen molar-refractivity contribution in [2.45, 2.75) is 6.61 Å². The van der Waals surface area contributed by atoms with Crippen LogP contribution in [-0.2, 0) is 6.61 Å². The monoisotopic (exact) mass is 305 g/mol. The average Bonchev–Trinajstić information content (AvgIpc) is 2.61. The molecule has 3 aromatic rings. The molecule has 0 radical (unpaired) electrons. The molecule has 0 fully saturated rings. The molecule has 0 atom stereocenters. The molecule has 0 aliphatic heterocycles. The highest BCUT2D eigenvalue weighted by Crippen LogP contribution is 2.22. The van der Waals surface area contributed by atoms with E-state index in [1.807, 2.05) is 48.7 Å². The van der Waals surface area contributed by atoms with Crippen molar-refractivity contribution in [3.05, 3.63) is 84.2 Å². The quantitative estimate of drug-likeness (QED) is 0.773. The maximum absolute atomic E-state index is 11.0. The Bertz CT molecular complexity index is 798. The van der Waals surface area contributed by atoms with Crippen LogP contribution in [-0.4, -0.2) is 16.1 Å². The third kappa shape index (κ3) is 3.74. The summed E-state index contributed by atoms with van der Waals surface area (Å²) in [6.45, 7) is 0.327. The molecule has 0 saturated carbocycles. The van der Waals surface area contributed by atoms with Gasteiger partial charge in [-0.3, -0.25) is 4.98 Å². The number of carboxylic acids is 1. The van der Waals surface area contributed by atoms with Crippen molar-refractivity contribution in [2.24, 2.45) is 0 Å². The summed E-state index contributed by atoms with van der Waals surface area (Å²) in [6, 6.07) is 18.4. The van der Waals surface area contributed by atoms with Crippen LogP contribution in [0.5, 0.6) is 5.75 Å². The first-order valence-corrected chi connectivity index (χ1v) is 7.18. The number of aromatic carboxylic acids is 1. The van der Waals surface area contributed by atoms with E-state index >= 15 is 0 Å². The second-order valence-electron chi connectivity index (χ2n) is 5.06. The predicted molar refractivity (Wildman–Crippen MR) is 87.4 cm³/mol. The minimum absolute atomic E-state index is 0.262. The molecule has 0 amide bonds. The normalized spacial score (nSPS) is 10.3. The Labute approximate surface area is 134 Å². The smallest absolute Gasteiger partial charge is 0.335 e. The molecular formula is C19H15NO3. The zero-order valence-electron chi connectivity index (χ0n) is 12.3. The molecule has 0 bridgehead atoms. The number of rotatable bonds is 5. The van der Waals surface area contributed by atoms with E-state index < -0.39 is 5.97 Å². The molecule has 4 nitrogen and oxygen atoms in total. The van der Waals surface area contributed by atoms with Gasteiger partial charge in [0.1, 0.15) is 12.4 Å². The lowest BCUT2D eigenvalue weighted by molar-refractivity contribution is 0.0696. The van der Waals surface area contributed by atoms with E-state index in [4.69, 9.17) is 9.84 Å². The molecule has 1 heterocycles. The van der Waals surface area contributed by atoms with Crippen molar-refractivity contribution in [1.29, 1.82) is 0 Å². The summed E-state index contributed by atoms with van der Waals surface area (Å²) >= 11 is 0. The molecular weight excluding hydrogens is 290 g/mol. The van der Waals surface area contributed by atoms with Gasteiger partial charge < -0.3 is 9.84 Å². The topological polar surface area (TPSA) is 59.4 Å². The second kappa shape index (κ2) is 6.75. The maximum atomic E-state index is 11.0. The van der Waals surface area contributed by atoms with E-state index in [9.17, 15) is 4.79 Å². The second-order valence-corrected chi connectivity index (χ2v) is 5.06. The van der Waals surface area contributed by atoms with Crippen LogP contribution in [0.25, 0.3) is 11.1 Å². The highest BCUT2D eigenvalue weighted by molar-refractivity contribution is 5.87. The Morgan fingerprint density at radius 1 is 1.00 bits per heavy atom. The van der Waals surface area contributed by atoms with Crippen LogP contribution < -0.4 is 4.74 Å². The van der Waals surface area contributed by atoms with Crippen molar-refractivity contribution in [3.8, 4) is 16.9 Å². The van der Waals surface area contributed by atoms with Crippen LogP contribution in [0, 0.1) is 0 Å². The first kappa shape index (κ1) is 14.8. The van der Waals surface area contributed by atoms with Gasteiger partial charge in [0.2, 0.25) is 0 Å². The standard InChI is InChI=1S/C19H15NO3/c21-19(22)16-4-1-3-14(11-16)13-23-18-8-6-15(7-9-18)17-5-2-10-20-12-17/h1-12H,13H2,(H,21,22). The van der Waals surface area contributed by atoms with Gasteiger partial charge in [-0.15, -0.1) is 0 Å². The molecule has 23 heavy (non-hydrogen) atoms. The van der Waals surface area contributed by atoms with Crippen LogP contribution in [0.15, 0.2) is 73.1 Å². The molecule has 1 aromatic heterocycles. The fourth-order valence-corrected chi connectivity index (χ4v) is 2.24. The highest BCUT2D eigenvalue weighted by Gasteiger charge is 2.04. The number of hydrogen-bond acceptors (Lipinski definition) is 3. The van der Waals surface area contributed by atoms with E-state index in [0.29, 0.717) is 6.61 Å². The number of nitrogens with zero attached hydrogens (tertiary/aromatic N) is 1. The Kier molecular flexibility index (Phi) is 4.34. The molecule has 0 spiro atoms. The minimum atomic E-state index is -0.937. The Morgan fingerprint density at radius 3 is 2.52 bits per heavy atom. The number of pyridine rings is 1. The summed E-state index contributed by atoms with van der Waals surface area (Å²) in [5, 5.41) is 8.99. The lowest BCUT2D eigenvalue weighted by Crippen LogP contribution is -2.00. The first-order valence-electron chi connectivity index (χ1n) is 7.18. The minimum Gasteiger partial charge on any atom is -0.489 e. The Balaban J connectivity index is 1.67. The van der Waals surface area contributed by atoms with Gasteiger partial charge in [0.15, 0.2) is 0 Å². The number of ether oxygens (including phenoxy) is 1. The van der Waals surface area contributed by atoms with E-state index in [2.05, 4.69) is 4.98 Å². The molecule has 3 rings (SSSR count). The van der Waals surface area contributed by atoms with Crippen LogP contribution in [0.3, 0.4) is 0 Å². The van der Waals surface area contributed by atoms with Gasteiger partial charge >= 0.3 is 5.97 Å². The van der Waals surface area contributed by atoms with Gasteiger partial charge in [-0.05, 0) is 47.0 Å². The molecule has 114 valence electrons. The van der Waals surface area contributed by atoms with Crippen molar-refractivity contribution in [2.75, 3.05) is 0 Å². The third-order valence-electron chi connectivity index (χ3n) is 3.43. The number of benzene rings is 2. The van der Waals surface area contributed by atoms with E-state index in [1.165, 1.54) is 0 Å². The van der Waals surface area contributed by atoms with Gasteiger partial charge in [0.25, 0.3) is 0 Å². The van der Waals surface area contributed by atoms with Gasteiger partial charge in [0.05, 0.1) is 5.56 Å².